The zero-order valence-corrected chi connectivity index (χ0v) is 9.74. The normalized spacial score (nSPS) is 11.0. The Labute approximate surface area is 93.6 Å². The molecule has 0 radical (unpaired) electrons. The summed E-state index contributed by atoms with van der Waals surface area (Å²) in [4.78, 5) is 11.0. The third-order valence-corrected chi connectivity index (χ3v) is 1.70. The molecule has 1 heterocycles. The number of ether oxygens (including phenoxy) is 1. The maximum absolute atomic E-state index is 11.0. The Morgan fingerprint density at radius 3 is 2.50 bits per heavy atom. The average Bonchev–Trinajstić information content (AvgIpc) is 2.15. The van der Waals surface area contributed by atoms with Gasteiger partial charge < -0.3 is 15.2 Å². The van der Waals surface area contributed by atoms with E-state index in [4.69, 9.17) is 9.84 Å². The number of rotatable bonds is 3. The lowest BCUT2D eigenvalue weighted by molar-refractivity contribution is 0.0696. The zero-order chi connectivity index (χ0) is 12.3. The lowest BCUT2D eigenvalue weighted by Crippen LogP contribution is -2.28. The second kappa shape index (κ2) is 4.34. The molecule has 16 heavy (non-hydrogen) atoms. The smallest absolute Gasteiger partial charge is 0.339 e. The second-order valence-electron chi connectivity index (χ2n) is 4.33. The monoisotopic (exact) mass is 225 g/mol. The highest BCUT2D eigenvalue weighted by Crippen LogP contribution is 2.19. The topological polar surface area (TPSA) is 84.3 Å². The zero-order valence-electron chi connectivity index (χ0n) is 9.74. The van der Waals surface area contributed by atoms with Crippen molar-refractivity contribution in [2.24, 2.45) is 0 Å². The summed E-state index contributed by atoms with van der Waals surface area (Å²) in [5.74, 6) is -0.655. The van der Waals surface area contributed by atoms with E-state index in [0.717, 1.165) is 0 Å². The van der Waals surface area contributed by atoms with Crippen molar-refractivity contribution in [3.05, 3.63) is 11.6 Å². The molecule has 0 aliphatic rings. The molecule has 0 spiro atoms. The molecule has 1 aromatic rings. The molecule has 6 nitrogen and oxygen atoms in total. The number of anilines is 1. The van der Waals surface area contributed by atoms with Crippen molar-refractivity contribution < 1.29 is 14.6 Å². The van der Waals surface area contributed by atoms with Crippen LogP contribution in [0.1, 0.15) is 31.1 Å². The molecule has 0 fully saturated rings. The van der Waals surface area contributed by atoms with E-state index in [1.807, 2.05) is 20.8 Å². The number of carboxylic acid groups (broad SMARTS) is 1. The van der Waals surface area contributed by atoms with E-state index >= 15 is 0 Å². The third-order valence-electron chi connectivity index (χ3n) is 1.70. The van der Waals surface area contributed by atoms with Crippen LogP contribution in [0.15, 0.2) is 6.07 Å². The van der Waals surface area contributed by atoms with Crippen LogP contribution < -0.4 is 10.1 Å². The van der Waals surface area contributed by atoms with Crippen LogP contribution in [0.2, 0.25) is 0 Å². The number of aromatic carboxylic acids is 1. The van der Waals surface area contributed by atoms with Gasteiger partial charge in [-0.05, 0) is 20.8 Å². The van der Waals surface area contributed by atoms with Crippen molar-refractivity contribution in [3.8, 4) is 5.88 Å². The molecule has 0 bridgehead atoms. The van der Waals surface area contributed by atoms with E-state index in [-0.39, 0.29) is 22.8 Å². The van der Waals surface area contributed by atoms with Crippen LogP contribution in [0.3, 0.4) is 0 Å². The van der Waals surface area contributed by atoms with E-state index in [9.17, 15) is 4.79 Å². The van der Waals surface area contributed by atoms with Gasteiger partial charge in [-0.15, -0.1) is 10.2 Å². The lowest BCUT2D eigenvalue weighted by atomic mass is 10.1. The van der Waals surface area contributed by atoms with Gasteiger partial charge in [0.05, 0.1) is 7.11 Å². The van der Waals surface area contributed by atoms with Crippen molar-refractivity contribution >= 4 is 11.8 Å². The minimum atomic E-state index is -1.07. The third kappa shape index (κ3) is 3.08. The number of carboxylic acids is 1. The Kier molecular flexibility index (Phi) is 3.31. The Bertz CT molecular complexity index is 399. The fourth-order valence-corrected chi connectivity index (χ4v) is 1.08. The van der Waals surface area contributed by atoms with Crippen molar-refractivity contribution in [1.82, 2.24) is 10.2 Å². The van der Waals surface area contributed by atoms with Crippen LogP contribution in [0.4, 0.5) is 5.82 Å². The van der Waals surface area contributed by atoms with Gasteiger partial charge in [0.1, 0.15) is 5.56 Å². The number of nitrogens with zero attached hydrogens (tertiary/aromatic N) is 2. The van der Waals surface area contributed by atoms with E-state index in [0.29, 0.717) is 0 Å². The molecule has 0 saturated carbocycles. The van der Waals surface area contributed by atoms with Crippen LogP contribution >= 0.6 is 0 Å². The first-order chi connectivity index (χ1) is 7.33. The van der Waals surface area contributed by atoms with Gasteiger partial charge in [-0.2, -0.15) is 0 Å². The molecule has 0 saturated heterocycles. The van der Waals surface area contributed by atoms with Gasteiger partial charge in [0.25, 0.3) is 0 Å². The van der Waals surface area contributed by atoms with E-state index in [1.54, 1.807) is 0 Å². The number of nitrogens with one attached hydrogen (secondary N) is 1. The van der Waals surface area contributed by atoms with Crippen LogP contribution in [0.5, 0.6) is 5.88 Å². The fourth-order valence-electron chi connectivity index (χ4n) is 1.08. The minimum absolute atomic E-state index is 0.0433. The summed E-state index contributed by atoms with van der Waals surface area (Å²) < 4.78 is 4.83. The van der Waals surface area contributed by atoms with E-state index in [2.05, 4.69) is 15.5 Å². The van der Waals surface area contributed by atoms with Gasteiger partial charge in [-0.25, -0.2) is 4.79 Å². The van der Waals surface area contributed by atoms with Crippen LogP contribution in [-0.4, -0.2) is 33.9 Å². The summed E-state index contributed by atoms with van der Waals surface area (Å²) in [5, 5.41) is 19.5. The maximum Gasteiger partial charge on any atom is 0.339 e. The molecule has 0 aromatic carbocycles. The minimum Gasteiger partial charge on any atom is -0.480 e. The Balaban J connectivity index is 3.13. The average molecular weight is 225 g/mol. The van der Waals surface area contributed by atoms with Gasteiger partial charge in [-0.1, -0.05) is 0 Å². The molecule has 0 aliphatic heterocycles. The summed E-state index contributed by atoms with van der Waals surface area (Å²) in [7, 11) is 1.41. The van der Waals surface area contributed by atoms with Gasteiger partial charge in [0, 0.05) is 11.6 Å². The van der Waals surface area contributed by atoms with Crippen LogP contribution in [0, 0.1) is 0 Å². The molecule has 1 aromatic heterocycles. The fraction of sp³-hybridized carbons (Fsp3) is 0.500. The first-order valence-corrected chi connectivity index (χ1v) is 4.76. The van der Waals surface area contributed by atoms with Crippen molar-refractivity contribution in [3.63, 3.8) is 0 Å². The number of aromatic nitrogens is 2. The van der Waals surface area contributed by atoms with Crippen molar-refractivity contribution in [2.45, 2.75) is 26.3 Å². The van der Waals surface area contributed by atoms with E-state index in [1.165, 1.54) is 13.2 Å². The summed E-state index contributed by atoms with van der Waals surface area (Å²) >= 11 is 0. The Hall–Kier alpha value is -1.85. The largest absolute Gasteiger partial charge is 0.480 e. The summed E-state index contributed by atoms with van der Waals surface area (Å²) in [6, 6.07) is 1.34. The highest BCUT2D eigenvalue weighted by molar-refractivity contribution is 5.93. The number of methoxy groups -OCH3 is 1. The Morgan fingerprint density at radius 1 is 1.44 bits per heavy atom. The molecule has 0 amide bonds. The van der Waals surface area contributed by atoms with Gasteiger partial charge >= 0.3 is 5.97 Å². The Morgan fingerprint density at radius 2 is 2.06 bits per heavy atom. The number of carbonyl (C=O) groups is 1. The highest BCUT2D eigenvalue weighted by atomic mass is 16.5. The molecular formula is C10H15N3O3. The predicted octanol–water partition coefficient (Wildman–Crippen LogP) is 1.39. The van der Waals surface area contributed by atoms with Crippen molar-refractivity contribution in [1.29, 1.82) is 0 Å². The van der Waals surface area contributed by atoms with Crippen LogP contribution in [-0.2, 0) is 0 Å². The second-order valence-corrected chi connectivity index (χ2v) is 4.33. The highest BCUT2D eigenvalue weighted by Gasteiger charge is 2.18. The summed E-state index contributed by atoms with van der Waals surface area (Å²) in [6.45, 7) is 5.72. The molecule has 0 unspecified atom stereocenters. The maximum atomic E-state index is 11.0. The van der Waals surface area contributed by atoms with Crippen molar-refractivity contribution in [2.75, 3.05) is 12.4 Å². The van der Waals surface area contributed by atoms with Gasteiger partial charge in [-0.3, -0.25) is 0 Å². The first kappa shape index (κ1) is 12.2. The lowest BCUT2D eigenvalue weighted by Gasteiger charge is -2.21. The molecule has 6 heteroatoms. The molecular weight excluding hydrogens is 210 g/mol. The number of hydrogen-bond donors (Lipinski definition) is 2. The molecule has 0 atom stereocenters. The summed E-state index contributed by atoms with van der Waals surface area (Å²) in [5.41, 5.74) is -0.241. The molecule has 1 rings (SSSR count). The quantitative estimate of drug-likeness (QED) is 0.808. The van der Waals surface area contributed by atoms with Gasteiger partial charge in [0.2, 0.25) is 5.88 Å². The molecule has 0 aliphatic carbocycles. The standard InChI is InChI=1S/C10H15N3O3/c1-10(2,3)11-8-6(9(14)15)5-7(16-4)12-13-8/h5H,1-4H3,(H,11,13)(H,14,15). The first-order valence-electron chi connectivity index (χ1n) is 4.76. The summed E-state index contributed by atoms with van der Waals surface area (Å²) in [6.07, 6.45) is 0. The molecule has 2 N–H and O–H groups in total. The van der Waals surface area contributed by atoms with Crippen LogP contribution in [0.25, 0.3) is 0 Å². The van der Waals surface area contributed by atoms with Gasteiger partial charge in [0.15, 0.2) is 5.82 Å². The van der Waals surface area contributed by atoms with E-state index < -0.39 is 5.97 Å². The molecule has 88 valence electrons. The SMILES string of the molecule is COc1cc(C(=O)O)c(NC(C)(C)C)nn1. The number of hydrogen-bond acceptors (Lipinski definition) is 5. The predicted molar refractivity (Wildman–Crippen MR) is 58.9 cm³/mol.